The highest BCUT2D eigenvalue weighted by Crippen LogP contribution is 2.21. The summed E-state index contributed by atoms with van der Waals surface area (Å²) in [4.78, 5) is 23.1. The zero-order valence-electron chi connectivity index (χ0n) is 12.6. The van der Waals surface area contributed by atoms with Gasteiger partial charge in [-0.15, -0.1) is 0 Å². The number of carboxylic acids is 1. The first-order valence-corrected chi connectivity index (χ1v) is 8.21. The molecule has 1 amide bonds. The smallest absolute Gasteiger partial charge is 0.408 e. The molecule has 24 heavy (non-hydrogen) atoms. The molecule has 1 atom stereocenters. The highest BCUT2D eigenvalue weighted by atomic mass is 127. The largest absolute Gasteiger partial charge is 0.507 e. The van der Waals surface area contributed by atoms with Crippen LogP contribution in [0, 0.1) is 3.57 Å². The lowest BCUT2D eigenvalue weighted by atomic mass is 10.1. The first kappa shape index (κ1) is 18.1. The van der Waals surface area contributed by atoms with E-state index in [2.05, 4.69) is 5.32 Å². The lowest BCUT2D eigenvalue weighted by molar-refractivity contribution is -0.139. The van der Waals surface area contributed by atoms with E-state index in [1.165, 1.54) is 6.07 Å². The van der Waals surface area contributed by atoms with Gasteiger partial charge in [0.25, 0.3) is 0 Å². The Kier molecular flexibility index (Phi) is 6.42. The minimum Gasteiger partial charge on any atom is -0.507 e. The standard InChI is InChI=1S/C17H16INO5/c18-13-8-12(6-7-15(13)20)9-14(16(21)22)19-17(23)24-10-11-4-2-1-3-5-11/h1-8,14,20H,9-10H2,(H,19,23)(H,21,22)/t14-/m1/s1. The molecule has 0 aliphatic carbocycles. The van der Waals surface area contributed by atoms with Crippen molar-refractivity contribution in [2.75, 3.05) is 0 Å². The number of alkyl carbamates (subject to hydrolysis) is 1. The number of rotatable bonds is 6. The molecule has 0 bridgehead atoms. The molecule has 2 aromatic carbocycles. The lowest BCUT2D eigenvalue weighted by Gasteiger charge is -2.15. The number of aliphatic carboxylic acids is 1. The summed E-state index contributed by atoms with van der Waals surface area (Å²) < 4.78 is 5.65. The van der Waals surface area contributed by atoms with Crippen LogP contribution in [0.2, 0.25) is 0 Å². The minimum atomic E-state index is -1.16. The molecule has 0 aromatic heterocycles. The van der Waals surface area contributed by atoms with E-state index in [-0.39, 0.29) is 18.8 Å². The van der Waals surface area contributed by atoms with Gasteiger partial charge in [0.2, 0.25) is 0 Å². The fraction of sp³-hybridized carbons (Fsp3) is 0.176. The highest BCUT2D eigenvalue weighted by molar-refractivity contribution is 14.1. The van der Waals surface area contributed by atoms with Crippen molar-refractivity contribution in [2.45, 2.75) is 19.1 Å². The molecule has 0 fully saturated rings. The van der Waals surface area contributed by atoms with Crippen molar-refractivity contribution in [3.05, 3.63) is 63.2 Å². The van der Waals surface area contributed by atoms with E-state index in [1.54, 1.807) is 24.3 Å². The molecule has 0 saturated carbocycles. The molecule has 0 heterocycles. The molecular weight excluding hydrogens is 425 g/mol. The Bertz CT molecular complexity index is 720. The monoisotopic (exact) mass is 441 g/mol. The number of ether oxygens (including phenoxy) is 1. The predicted molar refractivity (Wildman–Crippen MR) is 95.7 cm³/mol. The number of carbonyl (C=O) groups excluding carboxylic acids is 1. The van der Waals surface area contributed by atoms with Gasteiger partial charge in [-0.05, 0) is 45.9 Å². The fourth-order valence-corrected chi connectivity index (χ4v) is 2.60. The topological polar surface area (TPSA) is 95.9 Å². The number of halogens is 1. The maximum atomic E-state index is 11.8. The number of hydrogen-bond acceptors (Lipinski definition) is 4. The first-order valence-electron chi connectivity index (χ1n) is 7.13. The summed E-state index contributed by atoms with van der Waals surface area (Å²) >= 11 is 1.95. The molecule has 6 nitrogen and oxygen atoms in total. The van der Waals surface area contributed by atoms with E-state index in [0.29, 0.717) is 9.13 Å². The Hall–Kier alpha value is -2.29. The quantitative estimate of drug-likeness (QED) is 0.600. The molecule has 3 N–H and O–H groups in total. The van der Waals surface area contributed by atoms with Gasteiger partial charge < -0.3 is 20.3 Å². The molecule has 0 radical (unpaired) electrons. The van der Waals surface area contributed by atoms with Gasteiger partial charge in [-0.2, -0.15) is 0 Å². The molecule has 2 rings (SSSR count). The molecule has 0 aliphatic rings. The normalized spacial score (nSPS) is 11.5. The summed E-state index contributed by atoms with van der Waals surface area (Å²) in [5.74, 6) is -1.03. The van der Waals surface area contributed by atoms with Crippen molar-refractivity contribution >= 4 is 34.7 Å². The predicted octanol–water partition coefficient (Wildman–Crippen LogP) is 2.92. The van der Waals surface area contributed by atoms with Crippen molar-refractivity contribution in [3.63, 3.8) is 0 Å². The fourth-order valence-electron chi connectivity index (χ4n) is 2.02. The molecule has 126 valence electrons. The summed E-state index contributed by atoms with van der Waals surface area (Å²) in [6, 6.07) is 12.8. The number of nitrogens with one attached hydrogen (secondary N) is 1. The van der Waals surface area contributed by atoms with Crippen LogP contribution in [0.15, 0.2) is 48.5 Å². The van der Waals surface area contributed by atoms with E-state index in [9.17, 15) is 19.8 Å². The van der Waals surface area contributed by atoms with Crippen LogP contribution >= 0.6 is 22.6 Å². The van der Waals surface area contributed by atoms with Gasteiger partial charge in [-0.3, -0.25) is 0 Å². The molecular formula is C17H16INO5. The Morgan fingerprint density at radius 2 is 1.83 bits per heavy atom. The zero-order chi connectivity index (χ0) is 17.5. The average Bonchev–Trinajstić information content (AvgIpc) is 2.56. The van der Waals surface area contributed by atoms with Crippen LogP contribution in [0.5, 0.6) is 5.75 Å². The van der Waals surface area contributed by atoms with Crippen molar-refractivity contribution in [3.8, 4) is 5.75 Å². The second-order valence-corrected chi connectivity index (χ2v) is 6.25. The van der Waals surface area contributed by atoms with Crippen LogP contribution < -0.4 is 5.32 Å². The van der Waals surface area contributed by atoms with Crippen LogP contribution in [0.1, 0.15) is 11.1 Å². The van der Waals surface area contributed by atoms with Gasteiger partial charge in [-0.1, -0.05) is 36.4 Å². The van der Waals surface area contributed by atoms with Crippen molar-refractivity contribution in [1.82, 2.24) is 5.32 Å². The molecule has 0 aliphatic heterocycles. The van der Waals surface area contributed by atoms with Crippen LogP contribution in [0.25, 0.3) is 0 Å². The zero-order valence-corrected chi connectivity index (χ0v) is 14.8. The third kappa shape index (κ3) is 5.41. The van der Waals surface area contributed by atoms with Gasteiger partial charge in [0, 0.05) is 6.42 Å². The van der Waals surface area contributed by atoms with Gasteiger partial charge in [-0.25, -0.2) is 9.59 Å². The van der Waals surface area contributed by atoms with E-state index in [1.807, 2.05) is 40.8 Å². The van der Waals surface area contributed by atoms with Crippen LogP contribution in [0.3, 0.4) is 0 Å². The average molecular weight is 441 g/mol. The van der Waals surface area contributed by atoms with Crippen molar-refractivity contribution in [2.24, 2.45) is 0 Å². The summed E-state index contributed by atoms with van der Waals surface area (Å²) in [5, 5.41) is 21.1. The van der Waals surface area contributed by atoms with Gasteiger partial charge in [0.05, 0.1) is 3.57 Å². The Labute approximate surface area is 152 Å². The molecule has 7 heteroatoms. The number of carboxylic acid groups (broad SMARTS) is 1. The number of benzene rings is 2. The SMILES string of the molecule is O=C(N[C@H](Cc1ccc(O)c(I)c1)C(=O)O)OCc1ccccc1. The Morgan fingerprint density at radius 1 is 1.12 bits per heavy atom. The number of amides is 1. The Balaban J connectivity index is 1.93. The van der Waals surface area contributed by atoms with Crippen LogP contribution in [-0.2, 0) is 22.6 Å². The van der Waals surface area contributed by atoms with Crippen molar-refractivity contribution in [1.29, 1.82) is 0 Å². The van der Waals surface area contributed by atoms with Gasteiger partial charge in [0.15, 0.2) is 0 Å². The van der Waals surface area contributed by atoms with Gasteiger partial charge >= 0.3 is 12.1 Å². The molecule has 2 aromatic rings. The van der Waals surface area contributed by atoms with E-state index >= 15 is 0 Å². The lowest BCUT2D eigenvalue weighted by Crippen LogP contribution is -2.42. The maximum Gasteiger partial charge on any atom is 0.408 e. The molecule has 0 spiro atoms. The highest BCUT2D eigenvalue weighted by Gasteiger charge is 2.21. The minimum absolute atomic E-state index is 0.0656. The second-order valence-electron chi connectivity index (χ2n) is 5.09. The third-order valence-corrected chi connectivity index (χ3v) is 4.12. The van der Waals surface area contributed by atoms with E-state index < -0.39 is 18.1 Å². The third-order valence-electron chi connectivity index (χ3n) is 3.25. The van der Waals surface area contributed by atoms with E-state index in [0.717, 1.165) is 5.56 Å². The van der Waals surface area contributed by atoms with E-state index in [4.69, 9.17) is 4.74 Å². The van der Waals surface area contributed by atoms with Gasteiger partial charge in [0.1, 0.15) is 18.4 Å². The number of hydrogen-bond donors (Lipinski definition) is 3. The second kappa shape index (κ2) is 8.53. The number of carbonyl (C=O) groups is 2. The number of phenolic OH excluding ortho intramolecular Hbond substituents is 1. The first-order chi connectivity index (χ1) is 11.5. The summed E-state index contributed by atoms with van der Waals surface area (Å²) in [7, 11) is 0. The van der Waals surface area contributed by atoms with Crippen LogP contribution in [-0.4, -0.2) is 28.3 Å². The number of aromatic hydroxyl groups is 1. The summed E-state index contributed by atoms with van der Waals surface area (Å²) in [6.45, 7) is 0.0656. The summed E-state index contributed by atoms with van der Waals surface area (Å²) in [6.07, 6.45) is -0.703. The van der Waals surface area contributed by atoms with Crippen LogP contribution in [0.4, 0.5) is 4.79 Å². The van der Waals surface area contributed by atoms with Crippen molar-refractivity contribution < 1.29 is 24.5 Å². The molecule has 0 saturated heterocycles. The Morgan fingerprint density at radius 3 is 2.46 bits per heavy atom. The number of phenols is 1. The molecule has 0 unspecified atom stereocenters. The summed E-state index contributed by atoms with van der Waals surface area (Å²) in [5.41, 5.74) is 1.50. The maximum absolute atomic E-state index is 11.8.